The standard InChI is InChI=1S/C21H24N4O4/c1-3-19(26)23-16-7-5-8-17(13-16)24-20(27)22-14(2)15-6-4-9-18(12-15)25-10-11-29-21(25)28/h4-9,12-14H,3,10-11H2,1-2H3,(H,23,26)(H2,22,24,27). The summed E-state index contributed by atoms with van der Waals surface area (Å²) in [6.45, 7) is 4.51. The number of amides is 4. The van der Waals surface area contributed by atoms with E-state index in [2.05, 4.69) is 16.0 Å². The molecule has 1 aliphatic heterocycles. The lowest BCUT2D eigenvalue weighted by Gasteiger charge is -2.18. The molecule has 4 amide bonds. The van der Waals surface area contributed by atoms with E-state index >= 15 is 0 Å². The predicted octanol–water partition coefficient (Wildman–Crippen LogP) is 3.87. The van der Waals surface area contributed by atoms with Crippen LogP contribution in [0.15, 0.2) is 48.5 Å². The van der Waals surface area contributed by atoms with Gasteiger partial charge >= 0.3 is 12.1 Å². The molecule has 8 heteroatoms. The zero-order valence-electron chi connectivity index (χ0n) is 16.4. The van der Waals surface area contributed by atoms with Gasteiger partial charge in [0.1, 0.15) is 6.61 Å². The van der Waals surface area contributed by atoms with Crippen molar-refractivity contribution in [3.8, 4) is 0 Å². The summed E-state index contributed by atoms with van der Waals surface area (Å²) in [5.41, 5.74) is 2.78. The molecule has 2 aromatic rings. The Morgan fingerprint density at radius 2 is 1.83 bits per heavy atom. The van der Waals surface area contributed by atoms with Crippen LogP contribution in [0.3, 0.4) is 0 Å². The van der Waals surface area contributed by atoms with E-state index in [1.807, 2.05) is 31.2 Å². The summed E-state index contributed by atoms with van der Waals surface area (Å²) >= 11 is 0. The quantitative estimate of drug-likeness (QED) is 0.690. The largest absolute Gasteiger partial charge is 0.447 e. The van der Waals surface area contributed by atoms with Gasteiger partial charge in [-0.25, -0.2) is 9.59 Å². The molecule has 0 spiro atoms. The Morgan fingerprint density at radius 3 is 2.52 bits per heavy atom. The number of hydrogen-bond acceptors (Lipinski definition) is 4. The van der Waals surface area contributed by atoms with Crippen LogP contribution in [-0.4, -0.2) is 31.2 Å². The van der Waals surface area contributed by atoms with Crippen molar-refractivity contribution in [1.82, 2.24) is 5.32 Å². The summed E-state index contributed by atoms with van der Waals surface area (Å²) in [6, 6.07) is 13.7. The van der Waals surface area contributed by atoms with Gasteiger partial charge in [-0.1, -0.05) is 25.1 Å². The molecule has 1 aliphatic rings. The first-order valence-corrected chi connectivity index (χ1v) is 9.48. The van der Waals surface area contributed by atoms with Crippen molar-refractivity contribution in [2.24, 2.45) is 0 Å². The molecule has 1 fully saturated rings. The molecule has 3 rings (SSSR count). The van der Waals surface area contributed by atoms with Crippen molar-refractivity contribution in [2.75, 3.05) is 28.7 Å². The van der Waals surface area contributed by atoms with E-state index in [4.69, 9.17) is 4.74 Å². The van der Waals surface area contributed by atoms with Crippen molar-refractivity contribution in [2.45, 2.75) is 26.3 Å². The second kappa shape index (κ2) is 9.09. The van der Waals surface area contributed by atoms with Crippen LogP contribution in [-0.2, 0) is 9.53 Å². The Hall–Kier alpha value is -3.55. The fourth-order valence-corrected chi connectivity index (χ4v) is 2.96. The van der Waals surface area contributed by atoms with Crippen LogP contribution in [0.4, 0.5) is 26.7 Å². The highest BCUT2D eigenvalue weighted by atomic mass is 16.6. The number of ether oxygens (including phenoxy) is 1. The first kappa shape index (κ1) is 20.2. The van der Waals surface area contributed by atoms with E-state index in [-0.39, 0.29) is 24.1 Å². The molecule has 1 saturated heterocycles. The van der Waals surface area contributed by atoms with Gasteiger partial charge in [-0.05, 0) is 42.8 Å². The molecule has 1 atom stereocenters. The molecular formula is C21H24N4O4. The van der Waals surface area contributed by atoms with Crippen molar-refractivity contribution in [3.63, 3.8) is 0 Å². The Bertz CT molecular complexity index is 915. The van der Waals surface area contributed by atoms with Crippen LogP contribution in [0.25, 0.3) is 0 Å². The van der Waals surface area contributed by atoms with E-state index < -0.39 is 0 Å². The Labute approximate surface area is 169 Å². The van der Waals surface area contributed by atoms with Gasteiger partial charge in [0.2, 0.25) is 5.91 Å². The number of anilines is 3. The third-order valence-corrected chi connectivity index (χ3v) is 4.52. The van der Waals surface area contributed by atoms with Gasteiger partial charge in [-0.3, -0.25) is 9.69 Å². The summed E-state index contributed by atoms with van der Waals surface area (Å²) in [7, 11) is 0. The maximum Gasteiger partial charge on any atom is 0.414 e. The molecule has 0 aliphatic carbocycles. The lowest BCUT2D eigenvalue weighted by atomic mass is 10.1. The number of carbonyl (C=O) groups excluding carboxylic acids is 3. The van der Waals surface area contributed by atoms with Crippen LogP contribution in [0.1, 0.15) is 31.9 Å². The highest BCUT2D eigenvalue weighted by Crippen LogP contribution is 2.23. The van der Waals surface area contributed by atoms with Crippen molar-refractivity contribution < 1.29 is 19.1 Å². The van der Waals surface area contributed by atoms with E-state index in [0.29, 0.717) is 30.9 Å². The summed E-state index contributed by atoms with van der Waals surface area (Å²) < 4.78 is 4.97. The SMILES string of the molecule is CCC(=O)Nc1cccc(NC(=O)NC(C)c2cccc(N3CCOC3=O)c2)c1. The molecule has 0 saturated carbocycles. The van der Waals surface area contributed by atoms with E-state index in [1.54, 1.807) is 36.1 Å². The second-order valence-corrected chi connectivity index (χ2v) is 6.66. The Kier molecular flexibility index (Phi) is 6.33. The molecule has 1 heterocycles. The third-order valence-electron chi connectivity index (χ3n) is 4.52. The fourth-order valence-electron chi connectivity index (χ4n) is 2.96. The lowest BCUT2D eigenvalue weighted by Crippen LogP contribution is -2.31. The van der Waals surface area contributed by atoms with Gasteiger partial charge in [0.05, 0.1) is 12.6 Å². The summed E-state index contributed by atoms with van der Waals surface area (Å²) in [5.74, 6) is -0.0954. The highest BCUT2D eigenvalue weighted by Gasteiger charge is 2.24. The van der Waals surface area contributed by atoms with E-state index in [9.17, 15) is 14.4 Å². The molecular weight excluding hydrogens is 372 g/mol. The zero-order valence-corrected chi connectivity index (χ0v) is 16.4. The molecule has 2 aromatic carbocycles. The number of rotatable bonds is 6. The van der Waals surface area contributed by atoms with Crippen molar-refractivity contribution in [1.29, 1.82) is 0 Å². The van der Waals surface area contributed by atoms with Crippen LogP contribution in [0.2, 0.25) is 0 Å². The minimum atomic E-state index is -0.373. The number of carbonyl (C=O) groups is 3. The van der Waals surface area contributed by atoms with Gasteiger partial charge in [0.15, 0.2) is 0 Å². The zero-order chi connectivity index (χ0) is 20.8. The highest BCUT2D eigenvalue weighted by molar-refractivity contribution is 5.93. The van der Waals surface area contributed by atoms with Gasteiger partial charge < -0.3 is 20.7 Å². The molecule has 0 aromatic heterocycles. The molecule has 0 radical (unpaired) electrons. The fraction of sp³-hybridized carbons (Fsp3) is 0.286. The third kappa shape index (κ3) is 5.25. The van der Waals surface area contributed by atoms with Gasteiger partial charge in [0.25, 0.3) is 0 Å². The number of benzene rings is 2. The Morgan fingerprint density at radius 1 is 1.10 bits per heavy atom. The topological polar surface area (TPSA) is 99.8 Å². The van der Waals surface area contributed by atoms with Gasteiger partial charge in [-0.2, -0.15) is 0 Å². The van der Waals surface area contributed by atoms with Crippen LogP contribution < -0.4 is 20.9 Å². The average molecular weight is 396 g/mol. The molecule has 0 bridgehead atoms. The second-order valence-electron chi connectivity index (χ2n) is 6.66. The number of cyclic esters (lactones) is 1. The number of hydrogen-bond donors (Lipinski definition) is 3. The lowest BCUT2D eigenvalue weighted by molar-refractivity contribution is -0.115. The molecule has 152 valence electrons. The first-order chi connectivity index (χ1) is 14.0. The van der Waals surface area contributed by atoms with Gasteiger partial charge in [-0.15, -0.1) is 0 Å². The number of urea groups is 1. The van der Waals surface area contributed by atoms with Crippen LogP contribution in [0, 0.1) is 0 Å². The predicted molar refractivity (Wildman–Crippen MR) is 111 cm³/mol. The normalized spacial score (nSPS) is 14.1. The smallest absolute Gasteiger partial charge is 0.414 e. The van der Waals surface area contributed by atoms with E-state index in [0.717, 1.165) is 11.3 Å². The maximum atomic E-state index is 12.4. The van der Waals surface area contributed by atoms with Crippen molar-refractivity contribution in [3.05, 3.63) is 54.1 Å². The molecule has 29 heavy (non-hydrogen) atoms. The number of nitrogens with zero attached hydrogens (tertiary/aromatic N) is 1. The number of nitrogens with one attached hydrogen (secondary N) is 3. The summed E-state index contributed by atoms with van der Waals surface area (Å²) in [6.07, 6.45) is 0.0136. The first-order valence-electron chi connectivity index (χ1n) is 9.48. The summed E-state index contributed by atoms with van der Waals surface area (Å²) in [5, 5.41) is 8.39. The molecule has 1 unspecified atom stereocenters. The minimum Gasteiger partial charge on any atom is -0.447 e. The summed E-state index contributed by atoms with van der Waals surface area (Å²) in [4.78, 5) is 37.2. The van der Waals surface area contributed by atoms with Crippen LogP contribution in [0.5, 0.6) is 0 Å². The van der Waals surface area contributed by atoms with E-state index in [1.165, 1.54) is 0 Å². The average Bonchev–Trinajstić information content (AvgIpc) is 3.14. The van der Waals surface area contributed by atoms with Crippen LogP contribution >= 0.6 is 0 Å². The maximum absolute atomic E-state index is 12.4. The van der Waals surface area contributed by atoms with Crippen molar-refractivity contribution >= 4 is 35.1 Å². The monoisotopic (exact) mass is 396 g/mol. The molecule has 3 N–H and O–H groups in total. The van der Waals surface area contributed by atoms with Gasteiger partial charge in [0, 0.05) is 23.5 Å². The molecule has 8 nitrogen and oxygen atoms in total. The Balaban J connectivity index is 1.62. The minimum absolute atomic E-state index is 0.0954.